The van der Waals surface area contributed by atoms with E-state index in [9.17, 15) is 0 Å². The first kappa shape index (κ1) is 19.1. The van der Waals surface area contributed by atoms with Crippen molar-refractivity contribution >= 4 is 11.2 Å². The molecule has 7 nitrogen and oxygen atoms in total. The van der Waals surface area contributed by atoms with Gasteiger partial charge in [0.15, 0.2) is 5.65 Å². The lowest BCUT2D eigenvalue weighted by Crippen LogP contribution is -1.98. The number of benzene rings is 1. The van der Waals surface area contributed by atoms with E-state index in [4.69, 9.17) is 4.98 Å². The zero-order chi connectivity index (χ0) is 22.2. The molecule has 0 aliphatic rings. The van der Waals surface area contributed by atoms with E-state index in [0.29, 0.717) is 0 Å². The SMILES string of the molecule is Cc1ccc(-n2cc(-c3ccccn3)nc2-c2ccc(-n3cnc4cccnc43)cc2)cn1. The summed E-state index contributed by atoms with van der Waals surface area (Å²) in [6, 6.07) is 22.0. The molecular weight excluding hydrogens is 410 g/mol. The normalized spacial score (nSPS) is 11.2. The topological polar surface area (TPSA) is 74.3 Å². The van der Waals surface area contributed by atoms with E-state index in [0.717, 1.165) is 51.0 Å². The van der Waals surface area contributed by atoms with Crippen LogP contribution in [0.15, 0.2) is 97.8 Å². The van der Waals surface area contributed by atoms with Gasteiger partial charge in [-0.15, -0.1) is 0 Å². The summed E-state index contributed by atoms with van der Waals surface area (Å²) in [5.74, 6) is 0.821. The average Bonchev–Trinajstić information content (AvgIpc) is 3.50. The highest BCUT2D eigenvalue weighted by Gasteiger charge is 2.15. The number of imidazole rings is 2. The van der Waals surface area contributed by atoms with Gasteiger partial charge in [-0.2, -0.15) is 0 Å². The second kappa shape index (κ2) is 7.80. The second-order valence-electron chi connectivity index (χ2n) is 7.70. The third-order valence-electron chi connectivity index (χ3n) is 5.52. The van der Waals surface area contributed by atoms with Gasteiger partial charge in [-0.25, -0.2) is 15.0 Å². The van der Waals surface area contributed by atoms with E-state index >= 15 is 0 Å². The van der Waals surface area contributed by atoms with Crippen LogP contribution in [0.1, 0.15) is 5.69 Å². The molecule has 0 saturated heterocycles. The Balaban J connectivity index is 1.45. The zero-order valence-corrected chi connectivity index (χ0v) is 17.9. The van der Waals surface area contributed by atoms with Crippen molar-refractivity contribution in [3.63, 3.8) is 0 Å². The van der Waals surface area contributed by atoms with Crippen LogP contribution in [-0.4, -0.2) is 34.1 Å². The summed E-state index contributed by atoms with van der Waals surface area (Å²) in [5.41, 5.74) is 7.21. The van der Waals surface area contributed by atoms with Gasteiger partial charge in [0.2, 0.25) is 0 Å². The maximum Gasteiger partial charge on any atom is 0.164 e. The Labute approximate surface area is 190 Å². The molecular formula is C26H19N7. The predicted molar refractivity (Wildman–Crippen MR) is 127 cm³/mol. The van der Waals surface area contributed by atoms with Crippen LogP contribution in [0.2, 0.25) is 0 Å². The molecule has 0 bridgehead atoms. The molecule has 0 atom stereocenters. The van der Waals surface area contributed by atoms with E-state index in [-0.39, 0.29) is 0 Å². The first-order valence-corrected chi connectivity index (χ1v) is 10.6. The largest absolute Gasteiger partial charge is 0.298 e. The van der Waals surface area contributed by atoms with Crippen molar-refractivity contribution < 1.29 is 0 Å². The highest BCUT2D eigenvalue weighted by molar-refractivity contribution is 5.73. The fourth-order valence-corrected chi connectivity index (χ4v) is 3.83. The average molecular weight is 429 g/mol. The number of pyridine rings is 3. The van der Waals surface area contributed by atoms with Crippen LogP contribution >= 0.6 is 0 Å². The zero-order valence-electron chi connectivity index (χ0n) is 17.9. The summed E-state index contributed by atoms with van der Waals surface area (Å²) in [5, 5.41) is 0. The Morgan fingerprint density at radius 1 is 0.667 bits per heavy atom. The molecule has 6 rings (SSSR count). The molecule has 0 radical (unpaired) electrons. The minimum Gasteiger partial charge on any atom is -0.298 e. The van der Waals surface area contributed by atoms with Gasteiger partial charge >= 0.3 is 0 Å². The van der Waals surface area contributed by atoms with Crippen LogP contribution in [0.4, 0.5) is 0 Å². The summed E-state index contributed by atoms with van der Waals surface area (Å²) in [6.07, 6.45) is 9.22. The molecule has 0 spiro atoms. The lowest BCUT2D eigenvalue weighted by atomic mass is 10.2. The number of nitrogens with zero attached hydrogens (tertiary/aromatic N) is 7. The van der Waals surface area contributed by atoms with Gasteiger partial charge in [0, 0.05) is 35.5 Å². The lowest BCUT2D eigenvalue weighted by Gasteiger charge is -2.09. The van der Waals surface area contributed by atoms with Crippen LogP contribution < -0.4 is 0 Å². The van der Waals surface area contributed by atoms with E-state index in [1.165, 1.54) is 0 Å². The quantitative estimate of drug-likeness (QED) is 0.393. The maximum atomic E-state index is 4.93. The highest BCUT2D eigenvalue weighted by Crippen LogP contribution is 2.28. The van der Waals surface area contributed by atoms with E-state index in [1.807, 2.05) is 66.3 Å². The molecule has 0 N–H and O–H groups in total. The number of fused-ring (bicyclic) bond motifs is 1. The molecule has 0 fully saturated rings. The molecule has 0 amide bonds. The summed E-state index contributed by atoms with van der Waals surface area (Å²) in [7, 11) is 0. The molecule has 5 heterocycles. The van der Waals surface area contributed by atoms with Gasteiger partial charge in [-0.3, -0.25) is 19.1 Å². The fourth-order valence-electron chi connectivity index (χ4n) is 3.83. The fraction of sp³-hybridized carbons (Fsp3) is 0.0385. The molecule has 7 heteroatoms. The van der Waals surface area contributed by atoms with Gasteiger partial charge in [0.1, 0.15) is 23.4 Å². The third kappa shape index (κ3) is 3.45. The predicted octanol–water partition coefficient (Wildman–Crippen LogP) is 5.04. The summed E-state index contributed by atoms with van der Waals surface area (Å²) < 4.78 is 4.04. The third-order valence-corrected chi connectivity index (χ3v) is 5.52. The van der Waals surface area contributed by atoms with Crippen molar-refractivity contribution in [3.8, 4) is 34.2 Å². The van der Waals surface area contributed by atoms with Crippen LogP contribution in [0.25, 0.3) is 45.3 Å². The number of rotatable bonds is 4. The molecule has 158 valence electrons. The van der Waals surface area contributed by atoms with Gasteiger partial charge < -0.3 is 0 Å². The second-order valence-corrected chi connectivity index (χ2v) is 7.70. The molecule has 0 aliphatic heterocycles. The summed E-state index contributed by atoms with van der Waals surface area (Å²) in [4.78, 5) is 22.8. The number of hydrogen-bond donors (Lipinski definition) is 0. The van der Waals surface area contributed by atoms with Crippen molar-refractivity contribution in [2.24, 2.45) is 0 Å². The Hall–Kier alpha value is -4.65. The number of aromatic nitrogens is 7. The molecule has 0 saturated carbocycles. The van der Waals surface area contributed by atoms with Crippen LogP contribution in [-0.2, 0) is 0 Å². The Kier molecular flexibility index (Phi) is 4.51. The molecule has 0 aliphatic carbocycles. The van der Waals surface area contributed by atoms with Crippen molar-refractivity contribution in [1.29, 1.82) is 0 Å². The maximum absolute atomic E-state index is 4.93. The van der Waals surface area contributed by atoms with Gasteiger partial charge in [0.05, 0.1) is 17.6 Å². The van der Waals surface area contributed by atoms with Gasteiger partial charge in [-0.05, 0) is 67.6 Å². The first-order chi connectivity index (χ1) is 16.3. The first-order valence-electron chi connectivity index (χ1n) is 10.6. The van der Waals surface area contributed by atoms with Crippen molar-refractivity contribution in [2.75, 3.05) is 0 Å². The van der Waals surface area contributed by atoms with Crippen molar-refractivity contribution in [3.05, 3.63) is 104 Å². The van der Waals surface area contributed by atoms with Gasteiger partial charge in [0.25, 0.3) is 0 Å². The minimum absolute atomic E-state index is 0.806. The lowest BCUT2D eigenvalue weighted by molar-refractivity contribution is 1.03. The van der Waals surface area contributed by atoms with Crippen LogP contribution in [0, 0.1) is 6.92 Å². The Bertz CT molecular complexity index is 1550. The molecule has 33 heavy (non-hydrogen) atoms. The highest BCUT2D eigenvalue weighted by atomic mass is 15.1. The molecule has 5 aromatic heterocycles. The summed E-state index contributed by atoms with van der Waals surface area (Å²) >= 11 is 0. The van der Waals surface area contributed by atoms with Crippen molar-refractivity contribution in [1.82, 2.24) is 34.1 Å². The molecule has 0 unspecified atom stereocenters. The van der Waals surface area contributed by atoms with E-state index in [2.05, 4.69) is 48.8 Å². The Morgan fingerprint density at radius 2 is 1.52 bits per heavy atom. The standard InChI is InChI=1S/C26H19N7/c1-18-7-10-21(15-29-18)32-16-24(22-5-2-3-13-27-22)31-25(32)19-8-11-20(12-9-19)33-17-30-23-6-4-14-28-26(23)33/h2-17H,1H3. The van der Waals surface area contributed by atoms with E-state index < -0.39 is 0 Å². The minimum atomic E-state index is 0.806. The smallest absolute Gasteiger partial charge is 0.164 e. The van der Waals surface area contributed by atoms with Crippen LogP contribution in [0.5, 0.6) is 0 Å². The number of aryl methyl sites for hydroxylation is 1. The van der Waals surface area contributed by atoms with Crippen LogP contribution in [0.3, 0.4) is 0 Å². The van der Waals surface area contributed by atoms with Crippen molar-refractivity contribution in [2.45, 2.75) is 6.92 Å². The monoisotopic (exact) mass is 429 g/mol. The van der Waals surface area contributed by atoms with E-state index in [1.54, 1.807) is 18.7 Å². The number of hydrogen-bond acceptors (Lipinski definition) is 5. The van der Waals surface area contributed by atoms with Gasteiger partial charge in [-0.1, -0.05) is 6.07 Å². The Morgan fingerprint density at radius 3 is 2.30 bits per heavy atom. The molecule has 1 aromatic carbocycles. The summed E-state index contributed by atoms with van der Waals surface area (Å²) in [6.45, 7) is 1.98. The molecule has 6 aromatic rings.